The minimum atomic E-state index is -1.62. The summed E-state index contributed by atoms with van der Waals surface area (Å²) in [6.07, 6.45) is 3.90. The van der Waals surface area contributed by atoms with Gasteiger partial charge in [0.2, 0.25) is 5.75 Å². The van der Waals surface area contributed by atoms with Crippen molar-refractivity contribution < 1.29 is 28.6 Å². The number of anilines is 1. The van der Waals surface area contributed by atoms with Gasteiger partial charge in [-0.3, -0.25) is 14.4 Å². The zero-order chi connectivity index (χ0) is 30.1. The van der Waals surface area contributed by atoms with Gasteiger partial charge in [-0.05, 0) is 30.7 Å². The van der Waals surface area contributed by atoms with Crippen LogP contribution in [-0.2, 0) is 4.79 Å². The highest BCUT2D eigenvalue weighted by Crippen LogP contribution is 2.63. The highest BCUT2D eigenvalue weighted by atomic mass is 16.5. The zero-order valence-corrected chi connectivity index (χ0v) is 25.0. The fraction of sp³-hybridized carbons (Fsp3) is 0.343. The van der Waals surface area contributed by atoms with Gasteiger partial charge in [-0.1, -0.05) is 74.9 Å². The van der Waals surface area contributed by atoms with Gasteiger partial charge in [-0.15, -0.1) is 0 Å². The first-order valence-electron chi connectivity index (χ1n) is 14.1. The Balaban J connectivity index is 1.75. The normalized spacial score (nSPS) is 21.7. The fourth-order valence-corrected chi connectivity index (χ4v) is 7.25. The molecule has 0 N–H and O–H groups in total. The molecule has 0 unspecified atom stereocenters. The van der Waals surface area contributed by atoms with E-state index in [9.17, 15) is 14.4 Å². The minimum Gasteiger partial charge on any atom is -0.493 e. The van der Waals surface area contributed by atoms with E-state index in [1.165, 1.54) is 21.3 Å². The third-order valence-electron chi connectivity index (χ3n) is 9.04. The lowest BCUT2D eigenvalue weighted by Gasteiger charge is -2.38. The summed E-state index contributed by atoms with van der Waals surface area (Å²) in [7, 11) is 4.56. The van der Waals surface area contributed by atoms with Crippen LogP contribution in [-0.4, -0.2) is 50.8 Å². The molecule has 1 aliphatic carbocycles. The Labute approximate surface area is 246 Å². The summed E-state index contributed by atoms with van der Waals surface area (Å²) in [4.78, 5) is 46.4. The molecule has 0 bridgehead atoms. The molecule has 0 amide bonds. The molecule has 0 radical (unpaired) electrons. The number of hydrogen-bond acceptors (Lipinski definition) is 7. The third kappa shape index (κ3) is 3.55. The van der Waals surface area contributed by atoms with Crippen molar-refractivity contribution in [2.24, 2.45) is 10.8 Å². The maximum Gasteiger partial charge on any atom is 0.203 e. The Kier molecular flexibility index (Phi) is 6.33. The van der Waals surface area contributed by atoms with Gasteiger partial charge in [-0.25, -0.2) is 0 Å². The van der Waals surface area contributed by atoms with Crippen molar-refractivity contribution in [3.63, 3.8) is 0 Å². The number of benzene rings is 3. The maximum absolute atomic E-state index is 14.8. The van der Waals surface area contributed by atoms with Crippen molar-refractivity contribution in [1.29, 1.82) is 0 Å². The number of ether oxygens (including phenoxy) is 3. The van der Waals surface area contributed by atoms with Crippen molar-refractivity contribution in [3.8, 4) is 17.2 Å². The van der Waals surface area contributed by atoms with Crippen molar-refractivity contribution in [3.05, 3.63) is 88.5 Å². The molecule has 7 nitrogen and oxygen atoms in total. The fourth-order valence-electron chi connectivity index (χ4n) is 7.25. The molecule has 1 spiro atoms. The van der Waals surface area contributed by atoms with Crippen LogP contribution in [0.4, 0.5) is 5.69 Å². The lowest BCUT2D eigenvalue weighted by atomic mass is 9.63. The van der Waals surface area contributed by atoms with Crippen molar-refractivity contribution in [1.82, 2.24) is 0 Å². The van der Waals surface area contributed by atoms with Gasteiger partial charge in [0.25, 0.3) is 0 Å². The molecule has 6 rings (SSSR count). The molecule has 2 aliphatic heterocycles. The van der Waals surface area contributed by atoms with E-state index in [0.29, 0.717) is 33.9 Å². The number of carbonyl (C=O) groups excluding carboxylic acids is 3. The monoisotopic (exact) mass is 565 g/mol. The zero-order valence-electron chi connectivity index (χ0n) is 25.0. The first kappa shape index (κ1) is 27.8. The molecule has 42 heavy (non-hydrogen) atoms. The molecule has 3 aliphatic rings. The predicted molar refractivity (Wildman–Crippen MR) is 161 cm³/mol. The van der Waals surface area contributed by atoms with E-state index >= 15 is 0 Å². The molecular formula is C35H35NO6. The van der Waals surface area contributed by atoms with E-state index in [1.807, 2.05) is 56.9 Å². The topological polar surface area (TPSA) is 82.1 Å². The summed E-state index contributed by atoms with van der Waals surface area (Å²) in [6.45, 7) is 7.64. The largest absolute Gasteiger partial charge is 0.493 e. The number of Topliss-reactive ketones (excluding diaryl/α,β-unsaturated/α-hetero) is 3. The molecule has 1 saturated heterocycles. The SMILES string of the molecule is COc1ccc([C@@H]2[C@H](C(=O)C(C)(C)C)N3c4ccc(C)cc4C=C[C@@H]3C23C(=O)c2ccccc2C3=O)c(OC)c1OC. The second-order valence-electron chi connectivity index (χ2n) is 12.3. The van der Waals surface area contributed by atoms with Gasteiger partial charge in [0.05, 0.1) is 33.4 Å². The second-order valence-corrected chi connectivity index (χ2v) is 12.3. The van der Waals surface area contributed by atoms with Gasteiger partial charge in [-0.2, -0.15) is 0 Å². The molecule has 3 atom stereocenters. The second kappa shape index (κ2) is 9.58. The average Bonchev–Trinajstić information content (AvgIpc) is 3.40. The van der Waals surface area contributed by atoms with Gasteiger partial charge in [0.15, 0.2) is 28.8 Å². The molecule has 7 heteroatoms. The number of aryl methyl sites for hydroxylation is 1. The number of methoxy groups -OCH3 is 3. The van der Waals surface area contributed by atoms with Gasteiger partial charge >= 0.3 is 0 Å². The first-order valence-corrected chi connectivity index (χ1v) is 14.1. The summed E-state index contributed by atoms with van der Waals surface area (Å²) in [5, 5.41) is 0. The summed E-state index contributed by atoms with van der Waals surface area (Å²) in [5.74, 6) is -0.444. The van der Waals surface area contributed by atoms with Crippen LogP contribution in [0.1, 0.15) is 64.1 Å². The van der Waals surface area contributed by atoms with Crippen molar-refractivity contribution in [2.45, 2.75) is 45.7 Å². The number of hydrogen-bond donors (Lipinski definition) is 0. The molecule has 1 fully saturated rings. The third-order valence-corrected chi connectivity index (χ3v) is 9.04. The van der Waals surface area contributed by atoms with Crippen LogP contribution in [0.3, 0.4) is 0 Å². The standard InChI is InChI=1S/C35H35NO6/c1-19-12-15-24-20(18-19)13-17-26-35(31(37)21-10-8-9-11-22(21)32(35)38)27(28(36(24)26)33(39)34(2,3)4)23-14-16-25(40-5)30(42-7)29(23)41-6/h8-18,26-28H,1-7H3/t26-,27-,28-/m1/s1. The Bertz CT molecular complexity index is 1640. The highest BCUT2D eigenvalue weighted by molar-refractivity contribution is 6.32. The van der Waals surface area contributed by atoms with E-state index in [-0.39, 0.29) is 17.3 Å². The lowest BCUT2D eigenvalue weighted by molar-refractivity contribution is -0.127. The molecule has 3 aromatic carbocycles. The predicted octanol–water partition coefficient (Wildman–Crippen LogP) is 6.07. The number of rotatable bonds is 5. The molecule has 0 saturated carbocycles. The van der Waals surface area contributed by atoms with Crippen LogP contribution >= 0.6 is 0 Å². The Morgan fingerprint density at radius 3 is 2.07 bits per heavy atom. The molecule has 2 heterocycles. The summed E-state index contributed by atoms with van der Waals surface area (Å²) in [5.41, 5.74) is 1.70. The van der Waals surface area contributed by atoms with E-state index in [0.717, 1.165) is 16.8 Å². The van der Waals surface area contributed by atoms with Gasteiger partial charge in [0, 0.05) is 33.7 Å². The summed E-state index contributed by atoms with van der Waals surface area (Å²) >= 11 is 0. The molecular weight excluding hydrogens is 530 g/mol. The highest BCUT2D eigenvalue weighted by Gasteiger charge is 2.72. The molecule has 0 aromatic heterocycles. The summed E-state index contributed by atoms with van der Waals surface area (Å²) < 4.78 is 17.3. The molecule has 216 valence electrons. The van der Waals surface area contributed by atoms with Crippen LogP contribution in [0.2, 0.25) is 0 Å². The Morgan fingerprint density at radius 2 is 1.50 bits per heavy atom. The van der Waals surface area contributed by atoms with Crippen LogP contribution in [0.25, 0.3) is 6.08 Å². The Morgan fingerprint density at radius 1 is 0.857 bits per heavy atom. The van der Waals surface area contributed by atoms with Gasteiger partial charge in [0.1, 0.15) is 5.41 Å². The first-order chi connectivity index (χ1) is 20.0. The quantitative estimate of drug-likeness (QED) is 0.347. The molecule has 3 aromatic rings. The van der Waals surface area contributed by atoms with Crippen molar-refractivity contribution in [2.75, 3.05) is 26.2 Å². The Hall–Kier alpha value is -4.39. The van der Waals surface area contributed by atoms with Gasteiger partial charge < -0.3 is 19.1 Å². The van der Waals surface area contributed by atoms with E-state index in [1.54, 1.807) is 36.4 Å². The maximum atomic E-state index is 14.8. The van der Waals surface area contributed by atoms with Crippen LogP contribution in [0, 0.1) is 17.8 Å². The minimum absolute atomic E-state index is 0.0791. The van der Waals surface area contributed by atoms with Crippen molar-refractivity contribution >= 4 is 29.1 Å². The van der Waals surface area contributed by atoms with E-state index in [2.05, 4.69) is 6.07 Å². The van der Waals surface area contributed by atoms with Crippen LogP contribution in [0.15, 0.2) is 60.7 Å². The number of ketones is 3. The van der Waals surface area contributed by atoms with E-state index < -0.39 is 28.8 Å². The smallest absolute Gasteiger partial charge is 0.203 e. The lowest BCUT2D eigenvalue weighted by Crippen LogP contribution is -2.49. The van der Waals surface area contributed by atoms with E-state index in [4.69, 9.17) is 14.2 Å². The number of nitrogens with zero attached hydrogens (tertiary/aromatic N) is 1. The number of fused-ring (bicyclic) bond motifs is 5. The number of carbonyl (C=O) groups is 3. The average molecular weight is 566 g/mol. The van der Waals surface area contributed by atoms with Crippen LogP contribution < -0.4 is 19.1 Å². The summed E-state index contributed by atoms with van der Waals surface area (Å²) in [6, 6.07) is 15.0. The van der Waals surface area contributed by atoms with Crippen LogP contribution in [0.5, 0.6) is 17.2 Å².